The summed E-state index contributed by atoms with van der Waals surface area (Å²) in [6, 6.07) is 8.92. The molecule has 0 radical (unpaired) electrons. The zero-order valence-corrected chi connectivity index (χ0v) is 22.5. The zero-order chi connectivity index (χ0) is 31.0. The van der Waals surface area contributed by atoms with E-state index in [1.54, 1.807) is 24.3 Å². The highest BCUT2D eigenvalue weighted by molar-refractivity contribution is 6.07. The van der Waals surface area contributed by atoms with E-state index < -0.39 is 64.8 Å². The number of amides is 4. The van der Waals surface area contributed by atoms with Gasteiger partial charge in [0, 0.05) is 25.1 Å². The average molecular weight is 590 g/mol. The molecule has 1 fully saturated rings. The maximum atomic E-state index is 14.0. The van der Waals surface area contributed by atoms with Crippen LogP contribution in [-0.2, 0) is 31.0 Å². The maximum Gasteiger partial charge on any atom is 0.471 e. The molecule has 10 nitrogen and oxygen atoms in total. The summed E-state index contributed by atoms with van der Waals surface area (Å²) < 4.78 is 52.8. The van der Waals surface area contributed by atoms with Crippen LogP contribution in [0.3, 0.4) is 0 Å². The van der Waals surface area contributed by atoms with Crippen LogP contribution >= 0.6 is 0 Å². The summed E-state index contributed by atoms with van der Waals surface area (Å²) in [6.07, 6.45) is -5.80. The van der Waals surface area contributed by atoms with E-state index in [0.29, 0.717) is 11.3 Å². The van der Waals surface area contributed by atoms with Crippen molar-refractivity contribution in [2.75, 3.05) is 11.9 Å². The van der Waals surface area contributed by atoms with Crippen LogP contribution in [0.2, 0.25) is 0 Å². The van der Waals surface area contributed by atoms with Gasteiger partial charge in [0.2, 0.25) is 17.7 Å². The molecule has 0 unspecified atom stereocenters. The number of hydrogen-bond acceptors (Lipinski definition) is 6. The number of likely N-dealkylation sites (tertiary alicyclic amines) is 1. The molecule has 1 saturated heterocycles. The SMILES string of the molecule is CC(C)(O)[C@H](NC(=O)C(F)(F)F)C(=O)N[C@@H](Cc1cccc(F)c1)C(=O)N1C[C@]2(C[C@H]1C#N)C(=O)Nc1ccccc12. The molecule has 4 N–H and O–H groups in total. The van der Waals surface area contributed by atoms with Gasteiger partial charge in [0.15, 0.2) is 0 Å². The van der Waals surface area contributed by atoms with E-state index in [0.717, 1.165) is 30.9 Å². The molecule has 222 valence electrons. The van der Waals surface area contributed by atoms with Gasteiger partial charge in [0.05, 0.1) is 17.1 Å². The van der Waals surface area contributed by atoms with E-state index in [2.05, 4.69) is 10.6 Å². The van der Waals surface area contributed by atoms with E-state index >= 15 is 0 Å². The predicted octanol–water partition coefficient (Wildman–Crippen LogP) is 1.69. The van der Waals surface area contributed by atoms with Crippen LogP contribution in [0.4, 0.5) is 23.2 Å². The van der Waals surface area contributed by atoms with Crippen molar-refractivity contribution in [3.63, 3.8) is 0 Å². The highest BCUT2D eigenvalue weighted by Gasteiger charge is 2.56. The van der Waals surface area contributed by atoms with Crippen LogP contribution in [0.15, 0.2) is 48.5 Å². The Bertz CT molecular complexity index is 1470. The third kappa shape index (κ3) is 5.91. The van der Waals surface area contributed by atoms with Crippen LogP contribution in [0.5, 0.6) is 0 Å². The van der Waals surface area contributed by atoms with Crippen molar-refractivity contribution in [2.45, 2.75) is 62.0 Å². The molecular formula is C28H27F4N5O5. The molecule has 14 heteroatoms. The second kappa shape index (κ2) is 11.1. The molecule has 4 amide bonds. The number of carbonyl (C=O) groups is 4. The third-order valence-electron chi connectivity index (χ3n) is 7.36. The number of nitrogens with one attached hydrogen (secondary N) is 3. The summed E-state index contributed by atoms with van der Waals surface area (Å²) in [4.78, 5) is 53.0. The summed E-state index contributed by atoms with van der Waals surface area (Å²) in [5.74, 6) is -5.78. The molecule has 0 aromatic heterocycles. The van der Waals surface area contributed by atoms with E-state index in [9.17, 15) is 47.1 Å². The standard InChI is InChI=1S/C28H27F4N5O5/c1-26(2,42)21(36-25(41)28(30,31)32)22(38)34-20(11-15-6-5-7-16(29)10-15)23(39)37-14-27(12-17(37)13-33)18-8-3-4-9-19(18)35-24(27)40/h3-10,17,20-21,42H,11-12,14H2,1-2H3,(H,34,38)(H,35,40)(H,36,41)/t17-,20-,21+,27-/m0/s1. The normalized spacial score (nSPS) is 21.2. The lowest BCUT2D eigenvalue weighted by Gasteiger charge is -2.32. The van der Waals surface area contributed by atoms with Gasteiger partial charge in [-0.2, -0.15) is 18.4 Å². The number of carbonyl (C=O) groups excluding carboxylic acids is 4. The molecule has 0 saturated carbocycles. The van der Waals surface area contributed by atoms with Gasteiger partial charge < -0.3 is 26.0 Å². The zero-order valence-electron chi connectivity index (χ0n) is 22.5. The fourth-order valence-electron chi connectivity index (χ4n) is 5.32. The highest BCUT2D eigenvalue weighted by atomic mass is 19.4. The van der Waals surface area contributed by atoms with Gasteiger partial charge in [-0.1, -0.05) is 30.3 Å². The van der Waals surface area contributed by atoms with Gasteiger partial charge in [-0.25, -0.2) is 4.39 Å². The first-order valence-electron chi connectivity index (χ1n) is 12.8. The number of nitriles is 1. The Morgan fingerprint density at radius 2 is 1.86 bits per heavy atom. The Labute approximate surface area is 237 Å². The summed E-state index contributed by atoms with van der Waals surface area (Å²) in [7, 11) is 0. The Hall–Kier alpha value is -4.51. The molecule has 2 aliphatic heterocycles. The topological polar surface area (TPSA) is 152 Å². The summed E-state index contributed by atoms with van der Waals surface area (Å²) in [5.41, 5.74) is -2.16. The Kier molecular flexibility index (Phi) is 8.01. The van der Waals surface area contributed by atoms with Crippen molar-refractivity contribution in [3.05, 3.63) is 65.5 Å². The van der Waals surface area contributed by atoms with Gasteiger partial charge in [-0.05, 0) is 43.2 Å². The number of halogens is 4. The second-order valence-electron chi connectivity index (χ2n) is 10.9. The minimum absolute atomic E-state index is 0.0628. The fourth-order valence-corrected chi connectivity index (χ4v) is 5.32. The quantitative estimate of drug-likeness (QED) is 0.361. The lowest BCUT2D eigenvalue weighted by molar-refractivity contribution is -0.176. The highest BCUT2D eigenvalue weighted by Crippen LogP contribution is 2.46. The minimum atomic E-state index is -5.37. The molecule has 1 spiro atoms. The Morgan fingerprint density at radius 1 is 1.17 bits per heavy atom. The monoisotopic (exact) mass is 589 g/mol. The second-order valence-corrected chi connectivity index (χ2v) is 10.9. The summed E-state index contributed by atoms with van der Waals surface area (Å²) >= 11 is 0. The number of hydrogen-bond donors (Lipinski definition) is 4. The first-order chi connectivity index (χ1) is 19.6. The molecule has 2 aromatic carbocycles. The van der Waals surface area contributed by atoms with E-state index in [4.69, 9.17) is 0 Å². The average Bonchev–Trinajstić information content (AvgIpc) is 3.43. The summed E-state index contributed by atoms with van der Waals surface area (Å²) in [6.45, 7) is 1.73. The molecule has 4 rings (SSSR count). The number of para-hydroxylation sites is 1. The number of alkyl halides is 3. The van der Waals surface area contributed by atoms with Gasteiger partial charge in [-0.3, -0.25) is 19.2 Å². The van der Waals surface area contributed by atoms with Crippen LogP contribution in [0.1, 0.15) is 31.4 Å². The van der Waals surface area contributed by atoms with Gasteiger partial charge >= 0.3 is 12.1 Å². The van der Waals surface area contributed by atoms with Crippen LogP contribution in [0.25, 0.3) is 0 Å². The third-order valence-corrected chi connectivity index (χ3v) is 7.36. The smallest absolute Gasteiger partial charge is 0.388 e. The number of rotatable bonds is 7. The van der Waals surface area contributed by atoms with Crippen LogP contribution in [0, 0.1) is 17.1 Å². The molecule has 0 bridgehead atoms. The van der Waals surface area contributed by atoms with Crippen LogP contribution in [-0.4, -0.2) is 70.1 Å². The first-order valence-corrected chi connectivity index (χ1v) is 12.8. The lowest BCUT2D eigenvalue weighted by atomic mass is 9.80. The molecule has 2 aliphatic rings. The molecule has 0 aliphatic carbocycles. The Balaban J connectivity index is 1.67. The van der Waals surface area contributed by atoms with Crippen molar-refractivity contribution in [1.29, 1.82) is 5.26 Å². The molecule has 42 heavy (non-hydrogen) atoms. The van der Waals surface area contributed by atoms with E-state index in [1.165, 1.54) is 17.4 Å². The minimum Gasteiger partial charge on any atom is -0.388 e. The van der Waals surface area contributed by atoms with Gasteiger partial charge in [-0.15, -0.1) is 0 Å². The lowest BCUT2D eigenvalue weighted by Crippen LogP contribution is -2.62. The predicted molar refractivity (Wildman–Crippen MR) is 139 cm³/mol. The molecule has 2 heterocycles. The molecule has 2 aromatic rings. The van der Waals surface area contributed by atoms with Crippen molar-refractivity contribution >= 4 is 29.3 Å². The van der Waals surface area contributed by atoms with Crippen molar-refractivity contribution < 1.29 is 41.8 Å². The number of anilines is 1. The maximum absolute atomic E-state index is 14.0. The van der Waals surface area contributed by atoms with E-state index in [1.807, 2.05) is 6.07 Å². The number of aliphatic hydroxyl groups is 1. The van der Waals surface area contributed by atoms with Gasteiger partial charge in [0.25, 0.3) is 0 Å². The van der Waals surface area contributed by atoms with Crippen molar-refractivity contribution in [3.8, 4) is 6.07 Å². The van der Waals surface area contributed by atoms with Crippen molar-refractivity contribution in [2.24, 2.45) is 0 Å². The number of benzene rings is 2. The van der Waals surface area contributed by atoms with Crippen LogP contribution < -0.4 is 16.0 Å². The largest absolute Gasteiger partial charge is 0.471 e. The number of fused-ring (bicyclic) bond motifs is 2. The molecular weight excluding hydrogens is 562 g/mol. The Morgan fingerprint density at radius 3 is 2.48 bits per heavy atom. The van der Waals surface area contributed by atoms with Crippen molar-refractivity contribution in [1.82, 2.24) is 15.5 Å². The fraction of sp³-hybridized carbons (Fsp3) is 0.393. The van der Waals surface area contributed by atoms with E-state index in [-0.39, 0.29) is 24.9 Å². The number of nitrogens with zero attached hydrogens (tertiary/aromatic N) is 2. The first kappa shape index (κ1) is 30.4. The summed E-state index contributed by atoms with van der Waals surface area (Å²) in [5, 5.41) is 26.8. The van der Waals surface area contributed by atoms with Gasteiger partial charge in [0.1, 0.15) is 23.9 Å². The molecule has 4 atom stereocenters.